The quantitative estimate of drug-likeness (QED) is 0.0829. The van der Waals surface area contributed by atoms with E-state index >= 15 is 0 Å². The molecule has 1 fully saturated rings. The fourth-order valence-electron chi connectivity index (χ4n) is 5.23. The van der Waals surface area contributed by atoms with E-state index in [2.05, 4.69) is 31.6 Å². The van der Waals surface area contributed by atoms with Gasteiger partial charge in [0.05, 0.1) is 12.6 Å². The second-order valence-corrected chi connectivity index (χ2v) is 12.3. The van der Waals surface area contributed by atoms with Crippen LogP contribution in [-0.4, -0.2) is 79.0 Å². The smallest absolute Gasteiger partial charge is 0.243 e. The van der Waals surface area contributed by atoms with Crippen molar-refractivity contribution in [1.82, 2.24) is 26.6 Å². The number of rotatable bonds is 14. The molecule has 14 nitrogen and oxygen atoms in total. The molecule has 0 aliphatic carbocycles. The average molecular weight is 657 g/mol. The predicted octanol–water partition coefficient (Wildman–Crippen LogP) is 0.185. The zero-order chi connectivity index (χ0) is 34.8. The van der Waals surface area contributed by atoms with Gasteiger partial charge in [-0.15, -0.1) is 0 Å². The van der Waals surface area contributed by atoms with E-state index in [1.165, 1.54) is 0 Å². The highest BCUT2D eigenvalue weighted by molar-refractivity contribution is 5.97. The molecule has 1 aromatic carbocycles. The van der Waals surface area contributed by atoms with E-state index < -0.39 is 54.2 Å². The molecular formula is C33H52N8O6. The van der Waals surface area contributed by atoms with Crippen LogP contribution in [0.2, 0.25) is 0 Å². The van der Waals surface area contributed by atoms with E-state index in [1.807, 2.05) is 44.2 Å². The summed E-state index contributed by atoms with van der Waals surface area (Å²) in [5.41, 5.74) is 11.7. The zero-order valence-electron chi connectivity index (χ0n) is 27.8. The maximum atomic E-state index is 13.8. The number of guanidine groups is 1. The lowest BCUT2D eigenvalue weighted by Gasteiger charge is -2.25. The van der Waals surface area contributed by atoms with E-state index in [0.29, 0.717) is 38.6 Å². The lowest BCUT2D eigenvalue weighted by atomic mass is 9.90. The fraction of sp³-hybridized carbons (Fsp3) is 0.606. The minimum Gasteiger partial charge on any atom is -0.370 e. The van der Waals surface area contributed by atoms with Crippen LogP contribution in [0.5, 0.6) is 0 Å². The number of aliphatic imine (C=N–C) groups is 1. The summed E-state index contributed by atoms with van der Waals surface area (Å²) in [6.45, 7) is 5.89. The largest absolute Gasteiger partial charge is 0.370 e. The summed E-state index contributed by atoms with van der Waals surface area (Å²) in [7, 11) is 0. The first-order valence-electron chi connectivity index (χ1n) is 16.5. The number of unbranched alkanes of at least 4 members (excludes halogenated alkanes) is 1. The molecule has 47 heavy (non-hydrogen) atoms. The molecule has 1 heterocycles. The number of benzene rings is 1. The standard InChI is InChI=1S/C33H52N8O6/c1-4-24-27(42)19-23(18-22-11-6-5-7-12-22)30(45)40-26(13-8-9-15-36-28(43)17-21(2)3)32(47)41-25(14-10-16-37-33(34)35)31(46)38-20-29(44)39-24/h5-7,11-12,21,23-26H,4,8-10,13-20H2,1-3H3,(H,36,43)(H,38,46)(H,39,44)(H,40,45)(H,41,47)(H4,34,35,37)/t23-,24+,25+,26-/m1/s1. The van der Waals surface area contributed by atoms with Gasteiger partial charge in [0.2, 0.25) is 29.5 Å². The van der Waals surface area contributed by atoms with Crippen LogP contribution in [-0.2, 0) is 35.2 Å². The Morgan fingerprint density at radius 1 is 0.894 bits per heavy atom. The van der Waals surface area contributed by atoms with Gasteiger partial charge in [-0.3, -0.25) is 33.8 Å². The van der Waals surface area contributed by atoms with Crippen LogP contribution in [0.4, 0.5) is 0 Å². The number of ketones is 1. The molecule has 1 saturated heterocycles. The van der Waals surface area contributed by atoms with Gasteiger partial charge in [0.1, 0.15) is 12.1 Å². The molecule has 14 heteroatoms. The fourth-order valence-corrected chi connectivity index (χ4v) is 5.23. The molecule has 1 aromatic rings. The number of Topliss-reactive ketones (excluding diaryl/α,β-unsaturated/α-hetero) is 1. The Labute approximate surface area is 277 Å². The Hall–Kier alpha value is -4.49. The summed E-state index contributed by atoms with van der Waals surface area (Å²) in [6.07, 6.45) is 2.57. The van der Waals surface area contributed by atoms with Crippen LogP contribution in [0.3, 0.4) is 0 Å². The van der Waals surface area contributed by atoms with Gasteiger partial charge < -0.3 is 38.1 Å². The van der Waals surface area contributed by atoms with Crippen molar-refractivity contribution in [2.75, 3.05) is 19.6 Å². The van der Waals surface area contributed by atoms with Crippen molar-refractivity contribution in [3.05, 3.63) is 35.9 Å². The highest BCUT2D eigenvalue weighted by Gasteiger charge is 2.32. The molecule has 9 N–H and O–H groups in total. The molecule has 4 atom stereocenters. The van der Waals surface area contributed by atoms with Crippen molar-refractivity contribution in [3.63, 3.8) is 0 Å². The number of carbonyl (C=O) groups is 6. The maximum absolute atomic E-state index is 13.8. The first-order valence-corrected chi connectivity index (χ1v) is 16.5. The van der Waals surface area contributed by atoms with Crippen LogP contribution in [0.15, 0.2) is 35.3 Å². The Morgan fingerprint density at radius 2 is 1.55 bits per heavy atom. The summed E-state index contributed by atoms with van der Waals surface area (Å²) >= 11 is 0. The molecule has 0 aromatic heterocycles. The van der Waals surface area contributed by atoms with Crippen LogP contribution in [0, 0.1) is 11.8 Å². The molecule has 0 unspecified atom stereocenters. The molecular weight excluding hydrogens is 604 g/mol. The first kappa shape index (κ1) is 38.7. The van der Waals surface area contributed by atoms with Crippen molar-refractivity contribution < 1.29 is 28.8 Å². The molecule has 5 amide bonds. The average Bonchev–Trinajstić information content (AvgIpc) is 3.02. The van der Waals surface area contributed by atoms with E-state index in [0.717, 1.165) is 5.56 Å². The normalized spacial score (nSPS) is 21.4. The van der Waals surface area contributed by atoms with E-state index in [1.54, 1.807) is 6.92 Å². The van der Waals surface area contributed by atoms with Gasteiger partial charge in [-0.05, 0) is 56.4 Å². The van der Waals surface area contributed by atoms with Gasteiger partial charge >= 0.3 is 0 Å². The zero-order valence-corrected chi connectivity index (χ0v) is 27.8. The Kier molecular flexibility index (Phi) is 17.0. The van der Waals surface area contributed by atoms with Crippen molar-refractivity contribution >= 4 is 41.3 Å². The molecule has 0 spiro atoms. The molecule has 1 aliphatic heterocycles. The van der Waals surface area contributed by atoms with Crippen LogP contribution < -0.4 is 38.1 Å². The number of hydrogen-bond acceptors (Lipinski definition) is 7. The van der Waals surface area contributed by atoms with E-state index in [4.69, 9.17) is 11.5 Å². The van der Waals surface area contributed by atoms with E-state index in [9.17, 15) is 28.8 Å². The maximum Gasteiger partial charge on any atom is 0.243 e. The number of nitrogens with zero attached hydrogens (tertiary/aromatic N) is 1. The summed E-state index contributed by atoms with van der Waals surface area (Å²) in [4.78, 5) is 82.7. The molecule has 0 saturated carbocycles. The number of carbonyl (C=O) groups excluding carboxylic acids is 6. The second-order valence-electron chi connectivity index (χ2n) is 12.3. The third kappa shape index (κ3) is 15.1. The second kappa shape index (κ2) is 20.6. The van der Waals surface area contributed by atoms with Crippen molar-refractivity contribution in [2.45, 2.75) is 96.7 Å². The van der Waals surface area contributed by atoms with Gasteiger partial charge in [0, 0.05) is 31.8 Å². The van der Waals surface area contributed by atoms with Crippen LogP contribution in [0.25, 0.3) is 0 Å². The molecule has 1 aliphatic rings. The summed E-state index contributed by atoms with van der Waals surface area (Å²) in [6, 6.07) is 6.31. The molecule has 2 rings (SSSR count). The Morgan fingerprint density at radius 3 is 2.21 bits per heavy atom. The van der Waals surface area contributed by atoms with Crippen molar-refractivity contribution in [2.24, 2.45) is 28.3 Å². The summed E-state index contributed by atoms with van der Waals surface area (Å²) in [5.74, 6) is -3.32. The highest BCUT2D eigenvalue weighted by atomic mass is 16.2. The van der Waals surface area contributed by atoms with Gasteiger partial charge in [0.25, 0.3) is 0 Å². The van der Waals surface area contributed by atoms with Crippen molar-refractivity contribution in [1.29, 1.82) is 0 Å². The Balaban J connectivity index is 2.34. The third-order valence-corrected chi connectivity index (χ3v) is 7.75. The highest BCUT2D eigenvalue weighted by Crippen LogP contribution is 2.17. The minimum absolute atomic E-state index is 0.0543. The van der Waals surface area contributed by atoms with Crippen LogP contribution >= 0.6 is 0 Å². The van der Waals surface area contributed by atoms with Gasteiger partial charge in [-0.1, -0.05) is 51.1 Å². The molecule has 260 valence electrons. The van der Waals surface area contributed by atoms with Crippen molar-refractivity contribution in [3.8, 4) is 0 Å². The topological polar surface area (TPSA) is 227 Å². The lowest BCUT2D eigenvalue weighted by molar-refractivity contribution is -0.134. The lowest BCUT2D eigenvalue weighted by Crippen LogP contribution is -2.55. The van der Waals surface area contributed by atoms with Gasteiger partial charge in [-0.2, -0.15) is 0 Å². The summed E-state index contributed by atoms with van der Waals surface area (Å²) < 4.78 is 0. The number of hydrogen-bond donors (Lipinski definition) is 7. The number of nitrogens with one attached hydrogen (secondary N) is 5. The predicted molar refractivity (Wildman–Crippen MR) is 179 cm³/mol. The number of nitrogens with two attached hydrogens (primary N) is 2. The molecule has 0 bridgehead atoms. The third-order valence-electron chi connectivity index (χ3n) is 7.75. The SMILES string of the molecule is CC[C@@H]1NC(=O)CNC(=O)[C@H](CCCN=C(N)N)NC(=O)[C@@H](CCCCNC(=O)CC(C)C)NC(=O)[C@H](Cc2ccccc2)CC1=O. The summed E-state index contributed by atoms with van der Waals surface area (Å²) in [5, 5.41) is 13.7. The monoisotopic (exact) mass is 656 g/mol. The number of amides is 5. The Bertz CT molecular complexity index is 1230. The van der Waals surface area contributed by atoms with E-state index in [-0.39, 0.29) is 55.8 Å². The van der Waals surface area contributed by atoms with Gasteiger partial charge in [-0.25, -0.2) is 0 Å². The van der Waals surface area contributed by atoms with Gasteiger partial charge in [0.15, 0.2) is 11.7 Å². The molecule has 0 radical (unpaired) electrons. The van der Waals surface area contributed by atoms with Crippen LogP contribution in [0.1, 0.15) is 77.7 Å². The first-order chi connectivity index (χ1) is 22.4. The minimum atomic E-state index is -1.05.